The smallest absolute Gasteiger partial charge is 0.407 e. The molecule has 164 valence electrons. The van der Waals surface area contributed by atoms with Gasteiger partial charge in [-0.15, -0.1) is 0 Å². The Bertz CT molecular complexity index is 873. The summed E-state index contributed by atoms with van der Waals surface area (Å²) in [5.74, 6) is -1.60. The average Bonchev–Trinajstić information content (AvgIpc) is 2.80. The molecule has 3 amide bonds. The summed E-state index contributed by atoms with van der Waals surface area (Å²) in [6.07, 6.45) is -0.744. The summed E-state index contributed by atoms with van der Waals surface area (Å²) in [7, 11) is 1.21. The van der Waals surface area contributed by atoms with E-state index in [0.29, 0.717) is 0 Å². The molecule has 0 atom stereocenters. The van der Waals surface area contributed by atoms with Crippen molar-refractivity contribution in [3.05, 3.63) is 71.8 Å². The molecule has 0 spiro atoms. The van der Waals surface area contributed by atoms with Gasteiger partial charge in [-0.3, -0.25) is 14.4 Å². The van der Waals surface area contributed by atoms with Crippen molar-refractivity contribution in [2.75, 3.05) is 26.7 Å². The highest BCUT2D eigenvalue weighted by Gasteiger charge is 2.19. The van der Waals surface area contributed by atoms with E-state index < -0.39 is 23.9 Å². The Kier molecular flexibility index (Phi) is 9.54. The lowest BCUT2D eigenvalue weighted by Crippen LogP contribution is -2.45. The monoisotopic (exact) mass is 427 g/mol. The normalized spacial score (nSPS) is 9.97. The number of carbonyl (C=O) groups excluding carboxylic acids is 4. The first-order valence-corrected chi connectivity index (χ1v) is 9.57. The van der Waals surface area contributed by atoms with Gasteiger partial charge in [-0.2, -0.15) is 0 Å². The van der Waals surface area contributed by atoms with E-state index in [0.717, 1.165) is 11.1 Å². The number of carbonyl (C=O) groups is 4. The van der Waals surface area contributed by atoms with E-state index in [1.54, 1.807) is 0 Å². The van der Waals surface area contributed by atoms with Crippen LogP contribution in [0.1, 0.15) is 11.1 Å². The first-order valence-electron chi connectivity index (χ1n) is 9.57. The van der Waals surface area contributed by atoms with Gasteiger partial charge in [-0.1, -0.05) is 60.7 Å². The van der Waals surface area contributed by atoms with Gasteiger partial charge in [0.05, 0.1) is 13.7 Å². The molecule has 2 aromatic carbocycles. The number of amides is 3. The molecule has 0 saturated heterocycles. The summed E-state index contributed by atoms with van der Waals surface area (Å²) in [5, 5.41) is 4.78. The Hall–Kier alpha value is -3.88. The summed E-state index contributed by atoms with van der Waals surface area (Å²) in [4.78, 5) is 49.1. The average molecular weight is 427 g/mol. The number of rotatable bonds is 10. The number of nitrogens with one attached hydrogen (secondary N) is 2. The third-order valence-electron chi connectivity index (χ3n) is 4.16. The van der Waals surface area contributed by atoms with E-state index in [2.05, 4.69) is 15.4 Å². The van der Waals surface area contributed by atoms with Crippen LogP contribution in [0.2, 0.25) is 0 Å². The predicted octanol–water partition coefficient (Wildman–Crippen LogP) is 1.23. The van der Waals surface area contributed by atoms with Crippen molar-refractivity contribution in [3.8, 4) is 0 Å². The zero-order valence-electron chi connectivity index (χ0n) is 17.2. The third-order valence-corrected chi connectivity index (χ3v) is 4.16. The van der Waals surface area contributed by atoms with E-state index in [1.165, 1.54) is 12.0 Å². The Balaban J connectivity index is 1.89. The lowest BCUT2D eigenvalue weighted by Gasteiger charge is -2.22. The first kappa shape index (κ1) is 23.4. The van der Waals surface area contributed by atoms with Crippen LogP contribution in [0.25, 0.3) is 0 Å². The molecule has 2 aromatic rings. The molecule has 0 saturated carbocycles. The minimum atomic E-state index is -0.744. The highest BCUT2D eigenvalue weighted by Crippen LogP contribution is 2.05. The number of nitrogens with zero attached hydrogens (tertiary/aromatic N) is 1. The van der Waals surface area contributed by atoms with Gasteiger partial charge in [-0.25, -0.2) is 4.79 Å². The highest BCUT2D eigenvalue weighted by atomic mass is 16.5. The summed E-state index contributed by atoms with van der Waals surface area (Å²) in [6, 6.07) is 18.2. The van der Waals surface area contributed by atoms with Gasteiger partial charge < -0.3 is 25.0 Å². The van der Waals surface area contributed by atoms with Crippen LogP contribution >= 0.6 is 0 Å². The quantitative estimate of drug-likeness (QED) is 0.552. The summed E-state index contributed by atoms with van der Waals surface area (Å²) in [5.41, 5.74) is 1.63. The predicted molar refractivity (Wildman–Crippen MR) is 112 cm³/mol. The largest absolute Gasteiger partial charge is 0.468 e. The molecule has 9 nitrogen and oxygen atoms in total. The Morgan fingerprint density at radius 2 is 1.45 bits per heavy atom. The van der Waals surface area contributed by atoms with Gasteiger partial charge in [0.1, 0.15) is 19.7 Å². The van der Waals surface area contributed by atoms with Gasteiger partial charge in [-0.05, 0) is 11.1 Å². The number of hydrogen-bond acceptors (Lipinski definition) is 6. The van der Waals surface area contributed by atoms with Crippen molar-refractivity contribution < 1.29 is 28.7 Å². The van der Waals surface area contributed by atoms with E-state index in [1.807, 2.05) is 60.7 Å². The van der Waals surface area contributed by atoms with E-state index in [-0.39, 0.29) is 32.8 Å². The second-order valence-electron chi connectivity index (χ2n) is 6.50. The molecule has 0 radical (unpaired) electrons. The number of hydrogen-bond donors (Lipinski definition) is 2. The maximum atomic E-state index is 12.6. The molecule has 0 aliphatic rings. The number of alkyl carbamates (subject to hydrolysis) is 1. The number of ether oxygens (including phenoxy) is 2. The van der Waals surface area contributed by atoms with Crippen molar-refractivity contribution in [1.82, 2.24) is 15.5 Å². The molecule has 0 aliphatic carbocycles. The third kappa shape index (κ3) is 8.99. The standard InChI is InChI=1S/C22H25N3O6/c1-30-21(28)13-23-19(26)15-25(14-17-8-4-2-5-9-17)20(27)12-24-22(29)31-16-18-10-6-3-7-11-18/h2-11H,12-16H2,1H3,(H,23,26)(H,24,29). The minimum absolute atomic E-state index is 0.0739. The number of esters is 1. The molecule has 0 unspecified atom stereocenters. The molecule has 0 aliphatic heterocycles. The fourth-order valence-electron chi connectivity index (χ4n) is 2.54. The zero-order chi connectivity index (χ0) is 22.5. The van der Waals surface area contributed by atoms with Crippen molar-refractivity contribution in [2.45, 2.75) is 13.2 Å². The minimum Gasteiger partial charge on any atom is -0.468 e. The van der Waals surface area contributed by atoms with Gasteiger partial charge in [0.2, 0.25) is 11.8 Å². The molecular weight excluding hydrogens is 402 g/mol. The van der Waals surface area contributed by atoms with Crippen LogP contribution in [-0.2, 0) is 37.0 Å². The number of methoxy groups -OCH3 is 1. The maximum Gasteiger partial charge on any atom is 0.407 e. The van der Waals surface area contributed by atoms with Crippen LogP contribution in [0.3, 0.4) is 0 Å². The van der Waals surface area contributed by atoms with E-state index >= 15 is 0 Å². The van der Waals surface area contributed by atoms with Crippen molar-refractivity contribution in [2.24, 2.45) is 0 Å². The van der Waals surface area contributed by atoms with Crippen LogP contribution in [0.15, 0.2) is 60.7 Å². The Labute approximate surface area is 180 Å². The van der Waals surface area contributed by atoms with Gasteiger partial charge in [0.15, 0.2) is 0 Å². The fraction of sp³-hybridized carbons (Fsp3) is 0.273. The van der Waals surface area contributed by atoms with Crippen LogP contribution < -0.4 is 10.6 Å². The second kappa shape index (κ2) is 12.6. The van der Waals surface area contributed by atoms with E-state index in [9.17, 15) is 19.2 Å². The summed E-state index contributed by atoms with van der Waals surface area (Å²) < 4.78 is 9.56. The topological polar surface area (TPSA) is 114 Å². The molecule has 2 N–H and O–H groups in total. The molecule has 2 rings (SSSR count). The Morgan fingerprint density at radius 1 is 0.839 bits per heavy atom. The second-order valence-corrected chi connectivity index (χ2v) is 6.50. The van der Waals surface area contributed by atoms with Crippen molar-refractivity contribution in [3.63, 3.8) is 0 Å². The lowest BCUT2D eigenvalue weighted by atomic mass is 10.2. The molecule has 0 heterocycles. The molecule has 0 aromatic heterocycles. The van der Waals surface area contributed by atoms with Crippen LogP contribution in [0.4, 0.5) is 4.79 Å². The molecule has 9 heteroatoms. The van der Waals surface area contributed by atoms with Crippen LogP contribution in [0.5, 0.6) is 0 Å². The summed E-state index contributed by atoms with van der Waals surface area (Å²) >= 11 is 0. The summed E-state index contributed by atoms with van der Waals surface area (Å²) in [6.45, 7) is -0.695. The van der Waals surface area contributed by atoms with E-state index in [4.69, 9.17) is 4.74 Å². The SMILES string of the molecule is COC(=O)CNC(=O)CN(Cc1ccccc1)C(=O)CNC(=O)OCc1ccccc1. The Morgan fingerprint density at radius 3 is 2.06 bits per heavy atom. The molecular formula is C22H25N3O6. The molecule has 0 bridgehead atoms. The van der Waals surface area contributed by atoms with Gasteiger partial charge in [0, 0.05) is 6.54 Å². The van der Waals surface area contributed by atoms with Gasteiger partial charge in [0.25, 0.3) is 0 Å². The molecule has 0 fully saturated rings. The maximum absolute atomic E-state index is 12.6. The van der Waals surface area contributed by atoms with Crippen LogP contribution in [0, 0.1) is 0 Å². The van der Waals surface area contributed by atoms with Crippen molar-refractivity contribution >= 4 is 23.9 Å². The van der Waals surface area contributed by atoms with Gasteiger partial charge >= 0.3 is 12.1 Å². The highest BCUT2D eigenvalue weighted by molar-refractivity contribution is 5.88. The number of benzene rings is 2. The van der Waals surface area contributed by atoms with Crippen LogP contribution in [-0.4, -0.2) is 55.5 Å². The lowest BCUT2D eigenvalue weighted by molar-refractivity contribution is -0.141. The van der Waals surface area contributed by atoms with Crippen molar-refractivity contribution in [1.29, 1.82) is 0 Å². The first-order chi connectivity index (χ1) is 15.0. The fourth-order valence-corrected chi connectivity index (χ4v) is 2.54. The molecule has 31 heavy (non-hydrogen) atoms. The zero-order valence-corrected chi connectivity index (χ0v) is 17.2.